The lowest BCUT2D eigenvalue weighted by atomic mass is 9.98. The normalized spacial score (nSPS) is 11.5. The molecule has 41 heavy (non-hydrogen) atoms. The largest absolute Gasteiger partial charge is 0.465 e. The van der Waals surface area contributed by atoms with E-state index in [9.17, 15) is 4.79 Å². The molecule has 0 amide bonds. The van der Waals surface area contributed by atoms with Crippen LogP contribution in [0.25, 0.3) is 45.5 Å². The van der Waals surface area contributed by atoms with Crippen LogP contribution in [0.15, 0.2) is 116 Å². The number of hydrogen-bond donors (Lipinski definition) is 0. The van der Waals surface area contributed by atoms with Crippen molar-refractivity contribution in [2.24, 2.45) is 0 Å². The third-order valence-corrected chi connectivity index (χ3v) is 6.86. The first-order valence-corrected chi connectivity index (χ1v) is 13.1. The van der Waals surface area contributed by atoms with Gasteiger partial charge < -0.3 is 9.30 Å². The Morgan fingerprint density at radius 1 is 0.854 bits per heavy atom. The zero-order chi connectivity index (χ0) is 28.2. The molecule has 2 heterocycles. The second-order valence-electron chi connectivity index (χ2n) is 9.48. The summed E-state index contributed by atoms with van der Waals surface area (Å²) in [7, 11) is 1.30. The number of carbonyl (C=O) groups excluding carboxylic acids is 1. The summed E-state index contributed by atoms with van der Waals surface area (Å²) in [6.07, 6.45) is 4.60. The van der Waals surface area contributed by atoms with Crippen LogP contribution >= 0.6 is 0 Å². The molecule has 0 atom stereocenters. The molecule has 6 rings (SSSR count). The van der Waals surface area contributed by atoms with E-state index in [1.165, 1.54) is 25.6 Å². The number of carbonyl (C=O) groups is 1. The Kier molecular flexibility index (Phi) is 7.15. The first kappa shape index (κ1) is 25.8. The van der Waals surface area contributed by atoms with Crippen molar-refractivity contribution in [3.05, 3.63) is 138 Å². The molecular weight excluding hydrogens is 515 g/mol. The van der Waals surface area contributed by atoms with Crippen molar-refractivity contribution >= 4 is 29.0 Å². The van der Waals surface area contributed by atoms with Crippen molar-refractivity contribution in [1.82, 2.24) is 19.5 Å². The number of hydrogen-bond acceptors (Lipinski definition) is 5. The molecule has 0 aliphatic rings. The van der Waals surface area contributed by atoms with Gasteiger partial charge in [-0.3, -0.25) is 0 Å². The van der Waals surface area contributed by atoms with Crippen LogP contribution in [0, 0.1) is 0 Å². The molecule has 0 N–H and O–H groups in total. The number of esters is 1. The Hall–Kier alpha value is -5.43. The maximum Gasteiger partial charge on any atom is 0.337 e. The van der Waals surface area contributed by atoms with E-state index in [2.05, 4.69) is 15.0 Å². The molecule has 6 aromatic rings. The van der Waals surface area contributed by atoms with Gasteiger partial charge in [0.15, 0.2) is 5.65 Å². The Labute approximate surface area is 236 Å². The van der Waals surface area contributed by atoms with Crippen LogP contribution in [0.1, 0.15) is 27.0 Å². The number of fused-ring (bicyclic) bond motifs is 1. The first-order valence-electron chi connectivity index (χ1n) is 13.1. The van der Waals surface area contributed by atoms with E-state index in [0.29, 0.717) is 34.5 Å². The summed E-state index contributed by atoms with van der Waals surface area (Å²) < 4.78 is 22.9. The second-order valence-corrected chi connectivity index (χ2v) is 9.48. The Morgan fingerprint density at radius 3 is 2.29 bits per heavy atom. The maximum absolute atomic E-state index is 16.1. The molecule has 7 heteroatoms. The molecule has 200 valence electrons. The second kappa shape index (κ2) is 11.4. The van der Waals surface area contributed by atoms with Crippen molar-refractivity contribution in [2.75, 3.05) is 7.11 Å². The van der Waals surface area contributed by atoms with Gasteiger partial charge in [-0.05, 0) is 40.5 Å². The topological polar surface area (TPSA) is 69.9 Å². The van der Waals surface area contributed by atoms with Gasteiger partial charge in [0.1, 0.15) is 23.4 Å². The highest BCUT2D eigenvalue weighted by molar-refractivity contribution is 5.97. The molecule has 0 saturated carbocycles. The van der Waals surface area contributed by atoms with Gasteiger partial charge in [0.05, 0.1) is 25.5 Å². The molecule has 0 fully saturated rings. The number of benzene rings is 4. The van der Waals surface area contributed by atoms with Crippen molar-refractivity contribution < 1.29 is 13.9 Å². The SMILES string of the molecule is COC(=O)c1ccc(-c2ncnc3c2ncn3Cc2ccccc2)c(/C(F)=C/c2ccc(-c3ccccc3)cc2)c1. The third kappa shape index (κ3) is 5.38. The van der Waals surface area contributed by atoms with Crippen molar-refractivity contribution in [1.29, 1.82) is 0 Å². The van der Waals surface area contributed by atoms with Crippen molar-refractivity contribution in [2.45, 2.75) is 6.54 Å². The van der Waals surface area contributed by atoms with Crippen molar-refractivity contribution in [3.8, 4) is 22.4 Å². The van der Waals surface area contributed by atoms with Gasteiger partial charge in [0.25, 0.3) is 0 Å². The van der Waals surface area contributed by atoms with E-state index < -0.39 is 11.8 Å². The monoisotopic (exact) mass is 540 g/mol. The lowest BCUT2D eigenvalue weighted by molar-refractivity contribution is 0.0600. The van der Waals surface area contributed by atoms with E-state index >= 15 is 4.39 Å². The molecule has 0 aliphatic heterocycles. The Balaban J connectivity index is 1.41. The van der Waals surface area contributed by atoms with Crippen LogP contribution in [0.5, 0.6) is 0 Å². The van der Waals surface area contributed by atoms with E-state index in [-0.39, 0.29) is 11.1 Å². The van der Waals surface area contributed by atoms with Crippen LogP contribution < -0.4 is 0 Å². The highest BCUT2D eigenvalue weighted by Crippen LogP contribution is 2.34. The number of halogens is 1. The molecular formula is C34H25FN4O2. The van der Waals surface area contributed by atoms with Gasteiger partial charge in [-0.2, -0.15) is 0 Å². The number of ether oxygens (including phenoxy) is 1. The summed E-state index contributed by atoms with van der Waals surface area (Å²) in [5.74, 6) is -1.08. The molecule has 0 bridgehead atoms. The maximum atomic E-state index is 16.1. The summed E-state index contributed by atoms with van der Waals surface area (Å²) in [5, 5.41) is 0. The van der Waals surface area contributed by atoms with Crippen LogP contribution in [0.3, 0.4) is 0 Å². The van der Waals surface area contributed by atoms with E-state index in [0.717, 1.165) is 16.7 Å². The fraction of sp³-hybridized carbons (Fsp3) is 0.0588. The molecule has 0 radical (unpaired) electrons. The summed E-state index contributed by atoms with van der Waals surface area (Å²) in [4.78, 5) is 25.9. The molecule has 0 saturated heterocycles. The molecule has 0 unspecified atom stereocenters. The number of nitrogens with zero attached hydrogens (tertiary/aromatic N) is 4. The van der Waals surface area contributed by atoms with E-state index in [1.54, 1.807) is 18.5 Å². The fourth-order valence-corrected chi connectivity index (χ4v) is 4.79. The van der Waals surface area contributed by atoms with Crippen LogP contribution in [0.4, 0.5) is 4.39 Å². The van der Waals surface area contributed by atoms with Crippen LogP contribution in [-0.4, -0.2) is 32.6 Å². The van der Waals surface area contributed by atoms with Gasteiger partial charge in [-0.1, -0.05) is 91.0 Å². The Bertz CT molecular complexity index is 1860. The highest BCUT2D eigenvalue weighted by atomic mass is 19.1. The summed E-state index contributed by atoms with van der Waals surface area (Å²) in [5.41, 5.74) is 6.45. The van der Waals surface area contributed by atoms with Gasteiger partial charge in [-0.15, -0.1) is 0 Å². The summed E-state index contributed by atoms with van der Waals surface area (Å²) >= 11 is 0. The summed E-state index contributed by atoms with van der Waals surface area (Å²) in [6, 6.07) is 32.4. The minimum Gasteiger partial charge on any atom is -0.465 e. The smallest absolute Gasteiger partial charge is 0.337 e. The number of methoxy groups -OCH3 is 1. The zero-order valence-corrected chi connectivity index (χ0v) is 22.2. The quantitative estimate of drug-likeness (QED) is 0.155. The molecule has 2 aromatic heterocycles. The van der Waals surface area contributed by atoms with Gasteiger partial charge in [-0.25, -0.2) is 24.1 Å². The lowest BCUT2D eigenvalue weighted by Gasteiger charge is -2.11. The van der Waals surface area contributed by atoms with E-state index in [4.69, 9.17) is 4.74 Å². The molecule has 6 nitrogen and oxygen atoms in total. The summed E-state index contributed by atoms with van der Waals surface area (Å²) in [6.45, 7) is 0.579. The van der Waals surface area contributed by atoms with Crippen LogP contribution in [-0.2, 0) is 11.3 Å². The molecule has 0 aliphatic carbocycles. The van der Waals surface area contributed by atoms with Gasteiger partial charge >= 0.3 is 5.97 Å². The number of aromatic nitrogens is 4. The number of rotatable bonds is 7. The average molecular weight is 541 g/mol. The third-order valence-electron chi connectivity index (χ3n) is 6.86. The Morgan fingerprint density at radius 2 is 1.56 bits per heavy atom. The number of imidazole rings is 1. The van der Waals surface area contributed by atoms with Gasteiger partial charge in [0.2, 0.25) is 0 Å². The first-order chi connectivity index (χ1) is 20.1. The van der Waals surface area contributed by atoms with E-state index in [1.807, 2.05) is 89.5 Å². The fourth-order valence-electron chi connectivity index (χ4n) is 4.79. The standard InChI is InChI=1S/C34H25FN4O2/c1-41-34(40)27-16-17-28(31-32-33(37-21-36-31)39(22-38-32)20-24-8-4-2-5-9-24)29(19-27)30(35)18-23-12-14-26(15-13-23)25-10-6-3-7-11-25/h2-19,21-22H,20H2,1H3/b30-18-. The average Bonchev–Trinajstić information content (AvgIpc) is 3.44. The highest BCUT2D eigenvalue weighted by Gasteiger charge is 2.19. The predicted molar refractivity (Wildman–Crippen MR) is 158 cm³/mol. The van der Waals surface area contributed by atoms with Crippen LogP contribution in [0.2, 0.25) is 0 Å². The zero-order valence-electron chi connectivity index (χ0n) is 22.2. The minimum absolute atomic E-state index is 0.206. The van der Waals surface area contributed by atoms with Crippen molar-refractivity contribution in [3.63, 3.8) is 0 Å². The molecule has 0 spiro atoms. The molecule has 4 aromatic carbocycles. The minimum atomic E-state index is -0.558. The lowest BCUT2D eigenvalue weighted by Crippen LogP contribution is -2.03. The predicted octanol–water partition coefficient (Wildman–Crippen LogP) is 7.46. The van der Waals surface area contributed by atoms with Gasteiger partial charge in [0, 0.05) is 11.1 Å².